The average Bonchev–Trinajstić information content (AvgIpc) is 2.29. The van der Waals surface area contributed by atoms with Crippen molar-refractivity contribution in [3.05, 3.63) is 23.8 Å². The molecule has 16 heavy (non-hydrogen) atoms. The van der Waals surface area contributed by atoms with Crippen molar-refractivity contribution in [1.82, 2.24) is 0 Å². The molecule has 0 spiro atoms. The van der Waals surface area contributed by atoms with Crippen LogP contribution in [0.2, 0.25) is 0 Å². The van der Waals surface area contributed by atoms with Crippen molar-refractivity contribution in [2.24, 2.45) is 0 Å². The highest BCUT2D eigenvalue weighted by Gasteiger charge is 2.16. The Morgan fingerprint density at radius 1 is 1.44 bits per heavy atom. The first kappa shape index (κ1) is 12.7. The van der Waals surface area contributed by atoms with Crippen molar-refractivity contribution >= 4 is 18.9 Å². The molecular weight excluding hydrogens is 207 g/mol. The summed E-state index contributed by atoms with van der Waals surface area (Å²) in [7, 11) is -1.66. The Morgan fingerprint density at radius 3 is 2.75 bits per heavy atom. The molecule has 0 saturated heterocycles. The first-order chi connectivity index (χ1) is 7.69. The van der Waals surface area contributed by atoms with Gasteiger partial charge in [-0.2, -0.15) is 0 Å². The number of hydrogen-bond donors (Lipinski definition) is 2. The maximum atomic E-state index is 10.6. The van der Waals surface area contributed by atoms with E-state index in [1.807, 2.05) is 0 Å². The van der Waals surface area contributed by atoms with Crippen molar-refractivity contribution < 1.29 is 19.6 Å². The summed E-state index contributed by atoms with van der Waals surface area (Å²) in [6, 6.07) is 4.64. The van der Waals surface area contributed by atoms with E-state index in [0.29, 0.717) is 18.6 Å². The molecule has 0 unspecified atom stereocenters. The smallest absolute Gasteiger partial charge is 0.489 e. The Kier molecular flexibility index (Phi) is 5.02. The van der Waals surface area contributed by atoms with Crippen LogP contribution in [0.4, 0.5) is 0 Å². The van der Waals surface area contributed by atoms with E-state index >= 15 is 0 Å². The lowest BCUT2D eigenvalue weighted by Gasteiger charge is -2.09. The van der Waals surface area contributed by atoms with Gasteiger partial charge in [-0.05, 0) is 30.1 Å². The first-order valence-electron chi connectivity index (χ1n) is 5.27. The van der Waals surface area contributed by atoms with Gasteiger partial charge in [0.1, 0.15) is 12.0 Å². The van der Waals surface area contributed by atoms with Gasteiger partial charge in [-0.25, -0.2) is 0 Å². The average molecular weight is 222 g/mol. The fraction of sp³-hybridized carbons (Fsp3) is 0.364. The van der Waals surface area contributed by atoms with Gasteiger partial charge in [-0.3, -0.25) is 4.79 Å². The van der Waals surface area contributed by atoms with Crippen LogP contribution < -0.4 is 10.2 Å². The van der Waals surface area contributed by atoms with E-state index in [-0.39, 0.29) is 11.0 Å². The van der Waals surface area contributed by atoms with Gasteiger partial charge < -0.3 is 14.8 Å². The van der Waals surface area contributed by atoms with Crippen molar-refractivity contribution in [2.75, 3.05) is 6.61 Å². The molecule has 0 atom stereocenters. The summed E-state index contributed by atoms with van der Waals surface area (Å²) in [5.41, 5.74) is 0.432. The van der Waals surface area contributed by atoms with Gasteiger partial charge in [0.2, 0.25) is 0 Å². The molecule has 1 aromatic carbocycles. The summed E-state index contributed by atoms with van der Waals surface area (Å²) in [6.07, 6.45) is 2.55. The van der Waals surface area contributed by atoms with Crippen molar-refractivity contribution in [3.63, 3.8) is 0 Å². The summed E-state index contributed by atoms with van der Waals surface area (Å²) in [6.45, 7) is 2.64. The van der Waals surface area contributed by atoms with E-state index in [1.54, 1.807) is 6.07 Å². The Balaban J connectivity index is 2.80. The lowest BCUT2D eigenvalue weighted by Crippen LogP contribution is -2.33. The second-order valence-electron chi connectivity index (χ2n) is 3.48. The molecule has 0 saturated carbocycles. The molecule has 0 heterocycles. The molecule has 0 aliphatic carbocycles. The van der Waals surface area contributed by atoms with E-state index in [2.05, 4.69) is 6.92 Å². The maximum Gasteiger partial charge on any atom is 0.489 e. The molecule has 1 rings (SSSR count). The van der Waals surface area contributed by atoms with Crippen molar-refractivity contribution in [3.8, 4) is 5.75 Å². The van der Waals surface area contributed by atoms with Crippen molar-refractivity contribution in [2.45, 2.75) is 19.8 Å². The Bertz CT molecular complexity index is 352. The summed E-state index contributed by atoms with van der Waals surface area (Å²) in [5, 5.41) is 18.1. The number of carbonyl (C=O) groups excluding carboxylic acids is 1. The monoisotopic (exact) mass is 222 g/mol. The molecule has 0 aliphatic rings. The summed E-state index contributed by atoms with van der Waals surface area (Å²) >= 11 is 0. The third kappa shape index (κ3) is 3.36. The Hall–Kier alpha value is -1.33. The van der Waals surface area contributed by atoms with E-state index in [0.717, 1.165) is 12.8 Å². The largest absolute Gasteiger partial charge is 0.494 e. The summed E-state index contributed by atoms with van der Waals surface area (Å²) in [4.78, 5) is 10.6. The number of rotatable bonds is 6. The minimum Gasteiger partial charge on any atom is -0.494 e. The van der Waals surface area contributed by atoms with Gasteiger partial charge in [0.25, 0.3) is 0 Å². The predicted octanol–water partition coefficient (Wildman–Crippen LogP) is 0.358. The van der Waals surface area contributed by atoms with Crippen LogP contribution in [0.3, 0.4) is 0 Å². The van der Waals surface area contributed by atoms with Gasteiger partial charge in [0, 0.05) is 5.56 Å². The molecular formula is C11H15BO4. The van der Waals surface area contributed by atoms with Crippen LogP contribution in [0.25, 0.3) is 0 Å². The van der Waals surface area contributed by atoms with E-state index in [9.17, 15) is 4.79 Å². The summed E-state index contributed by atoms with van der Waals surface area (Å²) < 4.78 is 5.40. The normalized spacial score (nSPS) is 9.94. The van der Waals surface area contributed by atoms with E-state index in [1.165, 1.54) is 12.1 Å². The lowest BCUT2D eigenvalue weighted by atomic mass is 9.77. The number of unbranched alkanes of at least 4 members (excludes halogenated alkanes) is 1. The fourth-order valence-corrected chi connectivity index (χ4v) is 1.31. The van der Waals surface area contributed by atoms with E-state index in [4.69, 9.17) is 14.8 Å². The Morgan fingerprint density at radius 2 is 2.19 bits per heavy atom. The number of hydrogen-bond acceptors (Lipinski definition) is 4. The quantitative estimate of drug-likeness (QED) is 0.414. The molecule has 86 valence electrons. The third-order valence-corrected chi connectivity index (χ3v) is 2.23. The molecule has 1 aromatic rings. The zero-order valence-corrected chi connectivity index (χ0v) is 9.22. The van der Waals surface area contributed by atoms with Gasteiger partial charge >= 0.3 is 7.12 Å². The van der Waals surface area contributed by atoms with Crippen LogP contribution in [-0.2, 0) is 0 Å². The van der Waals surface area contributed by atoms with E-state index < -0.39 is 7.12 Å². The molecule has 0 amide bonds. The standard InChI is InChI=1S/C11H15BO4/c1-2-3-6-16-10-5-4-9(8-13)11(7-10)12(14)15/h4-5,7-8,14-15H,2-3,6H2,1H3. The van der Waals surface area contributed by atoms with Crippen LogP contribution >= 0.6 is 0 Å². The fourth-order valence-electron chi connectivity index (χ4n) is 1.31. The first-order valence-corrected chi connectivity index (χ1v) is 5.27. The second kappa shape index (κ2) is 6.30. The third-order valence-electron chi connectivity index (χ3n) is 2.23. The zero-order valence-electron chi connectivity index (χ0n) is 9.22. The van der Waals surface area contributed by atoms with Crippen LogP contribution in [0.1, 0.15) is 30.1 Å². The van der Waals surface area contributed by atoms with Gasteiger partial charge in [0.05, 0.1) is 6.61 Å². The van der Waals surface area contributed by atoms with Crippen LogP contribution in [-0.4, -0.2) is 30.1 Å². The van der Waals surface area contributed by atoms with Crippen LogP contribution in [0.15, 0.2) is 18.2 Å². The highest BCUT2D eigenvalue weighted by molar-refractivity contribution is 6.60. The molecule has 0 aliphatic heterocycles. The number of benzene rings is 1. The number of carbonyl (C=O) groups is 1. The maximum absolute atomic E-state index is 10.6. The summed E-state index contributed by atoms with van der Waals surface area (Å²) in [5.74, 6) is 0.544. The van der Waals surface area contributed by atoms with Gasteiger partial charge in [0.15, 0.2) is 0 Å². The molecule has 4 nitrogen and oxygen atoms in total. The predicted molar refractivity (Wildman–Crippen MR) is 62.1 cm³/mol. The minimum absolute atomic E-state index is 0.170. The highest BCUT2D eigenvalue weighted by Crippen LogP contribution is 2.10. The highest BCUT2D eigenvalue weighted by atomic mass is 16.5. The van der Waals surface area contributed by atoms with Crippen LogP contribution in [0.5, 0.6) is 5.75 Å². The van der Waals surface area contributed by atoms with Gasteiger partial charge in [-0.1, -0.05) is 13.3 Å². The number of ether oxygens (including phenoxy) is 1. The molecule has 5 heteroatoms. The number of aldehydes is 1. The molecule has 0 bridgehead atoms. The SMILES string of the molecule is CCCCOc1ccc(C=O)c(B(O)O)c1. The molecule has 0 fully saturated rings. The molecule has 2 N–H and O–H groups in total. The van der Waals surface area contributed by atoms with Crippen molar-refractivity contribution in [1.29, 1.82) is 0 Å². The minimum atomic E-state index is -1.66. The molecule has 0 radical (unpaired) electrons. The second-order valence-corrected chi connectivity index (χ2v) is 3.48. The van der Waals surface area contributed by atoms with Crippen LogP contribution in [0, 0.1) is 0 Å². The zero-order chi connectivity index (χ0) is 12.0. The molecule has 0 aromatic heterocycles. The lowest BCUT2D eigenvalue weighted by molar-refractivity contribution is 0.112. The topological polar surface area (TPSA) is 66.8 Å². The Labute approximate surface area is 95.0 Å². The van der Waals surface area contributed by atoms with Gasteiger partial charge in [-0.15, -0.1) is 0 Å².